The quantitative estimate of drug-likeness (QED) is 0.606. The molecule has 2 atom stereocenters. The Morgan fingerprint density at radius 2 is 2.22 bits per heavy atom. The van der Waals surface area contributed by atoms with Gasteiger partial charge in [0.1, 0.15) is 5.01 Å². The number of nitrogens with one attached hydrogen (secondary N) is 2. The van der Waals surface area contributed by atoms with Crippen molar-refractivity contribution in [1.82, 2.24) is 15.5 Å². The molecule has 2 N–H and O–H groups in total. The van der Waals surface area contributed by atoms with Crippen molar-refractivity contribution < 1.29 is 8.42 Å². The van der Waals surface area contributed by atoms with Crippen LogP contribution in [0.4, 0.5) is 5.13 Å². The van der Waals surface area contributed by atoms with Crippen LogP contribution in [0.2, 0.25) is 0 Å². The first-order valence-electron chi connectivity index (χ1n) is 5.08. The van der Waals surface area contributed by atoms with Crippen LogP contribution in [0.5, 0.6) is 0 Å². The summed E-state index contributed by atoms with van der Waals surface area (Å²) < 4.78 is 22.8. The first kappa shape index (κ1) is 13.9. The Hall–Kier alpha value is -0.510. The number of halogens is 1. The zero-order valence-electron chi connectivity index (χ0n) is 9.38. The molecule has 1 saturated heterocycles. The Labute approximate surface area is 119 Å². The maximum absolute atomic E-state index is 11.4. The molecular weight excluding hydrogens is 316 g/mol. The number of alkyl halides is 1. The van der Waals surface area contributed by atoms with Crippen molar-refractivity contribution in [2.45, 2.75) is 18.3 Å². The number of aryl methyl sites for hydroxylation is 1. The zero-order valence-corrected chi connectivity index (χ0v) is 12.6. The van der Waals surface area contributed by atoms with Gasteiger partial charge in [-0.25, -0.2) is 8.42 Å². The summed E-state index contributed by atoms with van der Waals surface area (Å²) >= 11 is 12.4. The summed E-state index contributed by atoms with van der Waals surface area (Å²) in [7, 11) is -3.07. The highest BCUT2D eigenvalue weighted by Crippen LogP contribution is 2.18. The fourth-order valence-corrected chi connectivity index (χ4v) is 5.04. The second-order valence-corrected chi connectivity index (χ2v) is 8.23. The Kier molecular flexibility index (Phi) is 4.05. The van der Waals surface area contributed by atoms with E-state index in [1.807, 2.05) is 6.92 Å². The summed E-state index contributed by atoms with van der Waals surface area (Å²) in [6.07, 6.45) is 0. The van der Waals surface area contributed by atoms with Crippen LogP contribution in [0.25, 0.3) is 0 Å². The first-order chi connectivity index (χ1) is 8.35. The molecule has 0 aromatic carbocycles. The number of rotatable bonds is 2. The maximum Gasteiger partial charge on any atom is 0.211 e. The van der Waals surface area contributed by atoms with Crippen LogP contribution in [0.1, 0.15) is 5.01 Å². The molecule has 1 aliphatic heterocycles. The molecule has 100 valence electrons. The third-order valence-electron chi connectivity index (χ3n) is 2.35. The van der Waals surface area contributed by atoms with Gasteiger partial charge in [-0.3, -0.25) is 0 Å². The third kappa shape index (κ3) is 3.50. The normalized spacial score (nSPS) is 25.9. The molecule has 2 rings (SSSR count). The highest BCUT2D eigenvalue weighted by molar-refractivity contribution is 7.91. The van der Waals surface area contributed by atoms with E-state index >= 15 is 0 Å². The Morgan fingerprint density at radius 3 is 2.72 bits per heavy atom. The van der Waals surface area contributed by atoms with E-state index in [4.69, 9.17) is 23.8 Å². The lowest BCUT2D eigenvalue weighted by Crippen LogP contribution is -2.42. The summed E-state index contributed by atoms with van der Waals surface area (Å²) in [5.41, 5.74) is 0. The molecule has 10 heteroatoms. The second-order valence-electron chi connectivity index (χ2n) is 3.92. The lowest BCUT2D eigenvalue weighted by atomic mass is 10.3. The Bertz CT molecular complexity index is 558. The van der Waals surface area contributed by atoms with Crippen molar-refractivity contribution in [2.24, 2.45) is 0 Å². The number of sulfone groups is 1. The molecule has 0 unspecified atom stereocenters. The van der Waals surface area contributed by atoms with Crippen LogP contribution < -0.4 is 10.6 Å². The molecule has 0 bridgehead atoms. The van der Waals surface area contributed by atoms with Crippen molar-refractivity contribution in [2.75, 3.05) is 16.8 Å². The van der Waals surface area contributed by atoms with Gasteiger partial charge in [-0.1, -0.05) is 11.3 Å². The predicted octanol–water partition coefficient (Wildman–Crippen LogP) is 0.537. The lowest BCUT2D eigenvalue weighted by Gasteiger charge is -2.16. The Balaban J connectivity index is 1.92. The topological polar surface area (TPSA) is 84.0 Å². The van der Waals surface area contributed by atoms with E-state index in [1.165, 1.54) is 11.3 Å². The maximum atomic E-state index is 11.4. The van der Waals surface area contributed by atoms with Gasteiger partial charge >= 0.3 is 0 Å². The number of hydrogen-bond acceptors (Lipinski definition) is 6. The number of nitrogens with zero attached hydrogens (tertiary/aromatic N) is 2. The number of hydrogen-bond donors (Lipinski definition) is 2. The van der Waals surface area contributed by atoms with Crippen LogP contribution in [0.15, 0.2) is 0 Å². The molecule has 0 spiro atoms. The molecule has 2 heterocycles. The number of aromatic nitrogens is 2. The van der Waals surface area contributed by atoms with Gasteiger partial charge in [-0.05, 0) is 19.1 Å². The SMILES string of the molecule is Cc1nnc(NC(=S)N[C@H]2CS(=O)(=O)C[C@H]2Cl)s1. The van der Waals surface area contributed by atoms with Crippen LogP contribution in [0.3, 0.4) is 0 Å². The minimum Gasteiger partial charge on any atom is -0.357 e. The van der Waals surface area contributed by atoms with E-state index in [9.17, 15) is 8.42 Å². The van der Waals surface area contributed by atoms with E-state index in [-0.39, 0.29) is 17.5 Å². The smallest absolute Gasteiger partial charge is 0.211 e. The number of anilines is 1. The molecule has 0 amide bonds. The summed E-state index contributed by atoms with van der Waals surface area (Å²) in [4.78, 5) is 0. The van der Waals surface area contributed by atoms with Gasteiger partial charge in [-0.2, -0.15) is 0 Å². The van der Waals surface area contributed by atoms with Crippen LogP contribution in [-0.2, 0) is 9.84 Å². The minimum atomic E-state index is -3.07. The summed E-state index contributed by atoms with van der Waals surface area (Å²) in [5.74, 6) is -0.0229. The highest BCUT2D eigenvalue weighted by atomic mass is 35.5. The van der Waals surface area contributed by atoms with Gasteiger partial charge in [-0.15, -0.1) is 21.8 Å². The number of thiocarbonyl (C=S) groups is 1. The molecule has 1 aromatic rings. The van der Waals surface area contributed by atoms with Gasteiger partial charge in [0, 0.05) is 0 Å². The standard InChI is InChI=1S/C8H11ClN4O2S3/c1-4-12-13-8(17-4)11-7(16)10-6-3-18(14,15)2-5(6)9/h5-6H,2-3H2,1H3,(H2,10,11,13,16)/t5-,6+/m1/s1. The van der Waals surface area contributed by atoms with Crippen molar-refractivity contribution >= 4 is 55.2 Å². The molecule has 1 aromatic heterocycles. The lowest BCUT2D eigenvalue weighted by molar-refractivity contribution is 0.600. The molecule has 1 fully saturated rings. The minimum absolute atomic E-state index is 0.00185. The van der Waals surface area contributed by atoms with E-state index < -0.39 is 15.2 Å². The predicted molar refractivity (Wildman–Crippen MR) is 76.1 cm³/mol. The van der Waals surface area contributed by atoms with Gasteiger partial charge in [0.25, 0.3) is 0 Å². The molecule has 18 heavy (non-hydrogen) atoms. The van der Waals surface area contributed by atoms with E-state index in [0.29, 0.717) is 10.2 Å². The highest BCUT2D eigenvalue weighted by Gasteiger charge is 2.36. The van der Waals surface area contributed by atoms with Crippen LogP contribution in [-0.4, -0.2) is 46.7 Å². The Morgan fingerprint density at radius 1 is 1.50 bits per heavy atom. The largest absolute Gasteiger partial charge is 0.357 e. The van der Waals surface area contributed by atoms with Gasteiger partial charge in [0.2, 0.25) is 5.13 Å². The molecule has 6 nitrogen and oxygen atoms in total. The van der Waals surface area contributed by atoms with E-state index in [1.54, 1.807) is 0 Å². The molecule has 0 radical (unpaired) electrons. The third-order valence-corrected chi connectivity index (χ3v) is 5.70. The van der Waals surface area contributed by atoms with Crippen molar-refractivity contribution in [3.8, 4) is 0 Å². The monoisotopic (exact) mass is 326 g/mol. The summed E-state index contributed by atoms with van der Waals surface area (Å²) in [6, 6.07) is -0.370. The zero-order chi connectivity index (χ0) is 13.3. The fourth-order valence-electron chi connectivity index (χ4n) is 1.59. The molecule has 1 aliphatic rings. The molecular formula is C8H11ClN4O2S3. The van der Waals surface area contributed by atoms with Gasteiger partial charge in [0.05, 0.1) is 22.9 Å². The second kappa shape index (κ2) is 5.24. The van der Waals surface area contributed by atoms with Crippen molar-refractivity contribution in [3.63, 3.8) is 0 Å². The van der Waals surface area contributed by atoms with Gasteiger partial charge < -0.3 is 10.6 Å². The van der Waals surface area contributed by atoms with Gasteiger partial charge in [0.15, 0.2) is 14.9 Å². The van der Waals surface area contributed by atoms with Crippen molar-refractivity contribution in [1.29, 1.82) is 0 Å². The van der Waals surface area contributed by atoms with Crippen LogP contribution >= 0.6 is 35.2 Å². The first-order valence-corrected chi connectivity index (χ1v) is 8.56. The fraction of sp³-hybridized carbons (Fsp3) is 0.625. The molecule has 0 aliphatic carbocycles. The van der Waals surface area contributed by atoms with E-state index in [0.717, 1.165) is 5.01 Å². The summed E-state index contributed by atoms with van der Waals surface area (Å²) in [6.45, 7) is 1.83. The van der Waals surface area contributed by atoms with Crippen LogP contribution in [0, 0.1) is 6.92 Å². The molecule has 0 saturated carbocycles. The average Bonchev–Trinajstić information content (AvgIpc) is 2.71. The van der Waals surface area contributed by atoms with Crippen molar-refractivity contribution in [3.05, 3.63) is 5.01 Å². The summed E-state index contributed by atoms with van der Waals surface area (Å²) in [5, 5.41) is 14.7. The van der Waals surface area contributed by atoms with E-state index in [2.05, 4.69) is 20.8 Å². The average molecular weight is 327 g/mol.